The molecule has 1 aromatic heterocycles. The molecule has 0 fully saturated rings. The molecule has 0 aromatic carbocycles. The molecular weight excluding hydrogens is 236 g/mol. The van der Waals surface area contributed by atoms with E-state index in [1.165, 1.54) is 0 Å². The molecule has 1 rings (SSSR count). The van der Waals surface area contributed by atoms with Gasteiger partial charge in [0, 0.05) is 6.54 Å². The van der Waals surface area contributed by atoms with E-state index in [1.54, 1.807) is 12.2 Å². The smallest absolute Gasteiger partial charge is 0.349 e. The Labute approximate surface area is 105 Å². The van der Waals surface area contributed by atoms with E-state index >= 15 is 0 Å². The van der Waals surface area contributed by atoms with Crippen molar-refractivity contribution in [1.82, 2.24) is 9.97 Å². The summed E-state index contributed by atoms with van der Waals surface area (Å²) >= 11 is 0. The highest BCUT2D eigenvalue weighted by molar-refractivity contribution is 5.43. The molecule has 0 bridgehead atoms. The second-order valence-electron chi connectivity index (χ2n) is 3.45. The third-order valence-electron chi connectivity index (χ3n) is 2.02. The number of hydrogen-bond acceptors (Lipinski definition) is 6. The maximum atomic E-state index is 10.8. The highest BCUT2D eigenvalue weighted by Gasteiger charge is 2.18. The van der Waals surface area contributed by atoms with Crippen LogP contribution < -0.4 is 10.1 Å². The molecule has 0 saturated carbocycles. The van der Waals surface area contributed by atoms with Gasteiger partial charge in [0.2, 0.25) is 5.95 Å². The highest BCUT2D eigenvalue weighted by Crippen LogP contribution is 2.24. The first-order chi connectivity index (χ1) is 8.69. The van der Waals surface area contributed by atoms with Crippen LogP contribution in [0.3, 0.4) is 0 Å². The number of allylic oxidation sites excluding steroid dienone is 1. The molecule has 0 spiro atoms. The van der Waals surface area contributed by atoms with E-state index in [2.05, 4.69) is 15.3 Å². The fourth-order valence-corrected chi connectivity index (χ4v) is 1.14. The van der Waals surface area contributed by atoms with Crippen LogP contribution in [0.15, 0.2) is 18.3 Å². The molecule has 1 heterocycles. The van der Waals surface area contributed by atoms with Crippen LogP contribution in [-0.2, 0) is 0 Å². The van der Waals surface area contributed by atoms with Crippen LogP contribution in [0, 0.1) is 10.1 Å². The molecule has 18 heavy (non-hydrogen) atoms. The van der Waals surface area contributed by atoms with E-state index in [0.29, 0.717) is 12.5 Å². The fraction of sp³-hybridized carbons (Fsp3) is 0.455. The van der Waals surface area contributed by atoms with Crippen molar-refractivity contribution < 1.29 is 9.66 Å². The maximum Gasteiger partial charge on any atom is 0.349 e. The van der Waals surface area contributed by atoms with Crippen LogP contribution in [0.25, 0.3) is 0 Å². The first-order valence-corrected chi connectivity index (χ1v) is 5.68. The number of anilines is 1. The summed E-state index contributed by atoms with van der Waals surface area (Å²) in [5.41, 5.74) is -0.235. The number of hydrogen-bond donors (Lipinski definition) is 1. The second-order valence-corrected chi connectivity index (χ2v) is 3.45. The van der Waals surface area contributed by atoms with Gasteiger partial charge in [-0.3, -0.25) is 10.1 Å². The van der Waals surface area contributed by atoms with E-state index < -0.39 is 4.92 Å². The number of nitrogens with one attached hydrogen (secondary N) is 1. The molecule has 0 atom stereocenters. The molecule has 0 radical (unpaired) electrons. The normalized spacial score (nSPS) is 10.6. The summed E-state index contributed by atoms with van der Waals surface area (Å²) in [6, 6.07) is 0. The summed E-state index contributed by atoms with van der Waals surface area (Å²) in [4.78, 5) is 18.1. The van der Waals surface area contributed by atoms with Crippen LogP contribution in [0.1, 0.15) is 20.3 Å². The fourth-order valence-electron chi connectivity index (χ4n) is 1.14. The van der Waals surface area contributed by atoms with E-state index in [-0.39, 0.29) is 18.2 Å². The van der Waals surface area contributed by atoms with Gasteiger partial charge < -0.3 is 10.1 Å². The van der Waals surface area contributed by atoms with Gasteiger partial charge in [-0.05, 0) is 13.3 Å². The van der Waals surface area contributed by atoms with Crippen LogP contribution >= 0.6 is 0 Å². The largest absolute Gasteiger partial charge is 0.468 e. The predicted molar refractivity (Wildman–Crippen MR) is 67.8 cm³/mol. The zero-order valence-electron chi connectivity index (χ0n) is 10.4. The average molecular weight is 252 g/mol. The summed E-state index contributed by atoms with van der Waals surface area (Å²) in [6.07, 6.45) is 5.60. The Kier molecular flexibility index (Phi) is 5.56. The molecule has 0 amide bonds. The minimum atomic E-state index is -0.561. The number of ether oxygens (including phenoxy) is 1. The topological polar surface area (TPSA) is 90.2 Å². The van der Waals surface area contributed by atoms with Gasteiger partial charge in [-0.15, -0.1) is 0 Å². The molecule has 0 saturated heterocycles. The summed E-state index contributed by atoms with van der Waals surface area (Å²) in [5.74, 6) is 0.310. The first kappa shape index (κ1) is 13.9. The van der Waals surface area contributed by atoms with Crippen molar-refractivity contribution in [3.63, 3.8) is 0 Å². The van der Waals surface area contributed by atoms with Crippen molar-refractivity contribution in [2.24, 2.45) is 0 Å². The van der Waals surface area contributed by atoms with Gasteiger partial charge in [0.05, 0.1) is 4.92 Å². The average Bonchev–Trinajstić information content (AvgIpc) is 2.36. The minimum Gasteiger partial charge on any atom is -0.468 e. The van der Waals surface area contributed by atoms with Crippen molar-refractivity contribution in [2.75, 3.05) is 18.5 Å². The van der Waals surface area contributed by atoms with E-state index in [1.807, 2.05) is 13.8 Å². The van der Waals surface area contributed by atoms with Gasteiger partial charge in [0.25, 0.3) is 5.88 Å². The first-order valence-electron chi connectivity index (χ1n) is 5.68. The molecule has 1 aromatic rings. The number of rotatable bonds is 7. The van der Waals surface area contributed by atoms with Gasteiger partial charge in [0.15, 0.2) is 0 Å². The van der Waals surface area contributed by atoms with Crippen molar-refractivity contribution in [3.05, 3.63) is 28.5 Å². The SMILES string of the molecule is C/C=C/COc1nc(NCCC)ncc1[N+](=O)[O-]. The maximum absolute atomic E-state index is 10.8. The summed E-state index contributed by atoms with van der Waals surface area (Å²) in [6.45, 7) is 4.78. The van der Waals surface area contributed by atoms with Gasteiger partial charge in [-0.1, -0.05) is 19.1 Å². The third-order valence-corrected chi connectivity index (χ3v) is 2.02. The summed E-state index contributed by atoms with van der Waals surface area (Å²) in [5, 5.41) is 13.7. The molecule has 0 aliphatic heterocycles. The predicted octanol–water partition coefficient (Wildman–Crippen LogP) is 2.16. The van der Waals surface area contributed by atoms with Crippen LogP contribution in [0.5, 0.6) is 5.88 Å². The lowest BCUT2D eigenvalue weighted by molar-refractivity contribution is -0.386. The monoisotopic (exact) mass is 252 g/mol. The van der Waals surface area contributed by atoms with Crippen LogP contribution in [0.2, 0.25) is 0 Å². The van der Waals surface area contributed by atoms with E-state index in [0.717, 1.165) is 12.6 Å². The Bertz CT molecular complexity index is 434. The Morgan fingerprint density at radius 3 is 3.00 bits per heavy atom. The molecule has 7 nitrogen and oxygen atoms in total. The third kappa shape index (κ3) is 4.00. The van der Waals surface area contributed by atoms with Crippen molar-refractivity contribution in [2.45, 2.75) is 20.3 Å². The molecule has 0 aliphatic rings. The molecule has 7 heteroatoms. The van der Waals surface area contributed by atoms with Crippen molar-refractivity contribution in [1.29, 1.82) is 0 Å². The lowest BCUT2D eigenvalue weighted by Crippen LogP contribution is -2.07. The molecule has 0 unspecified atom stereocenters. The van der Waals surface area contributed by atoms with Crippen molar-refractivity contribution >= 4 is 11.6 Å². The minimum absolute atomic E-state index is 0.0216. The lowest BCUT2D eigenvalue weighted by atomic mass is 10.5. The molecule has 98 valence electrons. The van der Waals surface area contributed by atoms with Crippen LogP contribution in [-0.4, -0.2) is 28.0 Å². The van der Waals surface area contributed by atoms with Gasteiger partial charge in [-0.25, -0.2) is 4.98 Å². The summed E-state index contributed by atoms with van der Waals surface area (Å²) < 4.78 is 5.24. The zero-order chi connectivity index (χ0) is 13.4. The van der Waals surface area contributed by atoms with Gasteiger partial charge in [0.1, 0.15) is 12.8 Å². The second kappa shape index (κ2) is 7.21. The van der Waals surface area contributed by atoms with Gasteiger partial charge in [-0.2, -0.15) is 4.98 Å². The molecule has 0 aliphatic carbocycles. The number of nitrogens with zero attached hydrogens (tertiary/aromatic N) is 3. The van der Waals surface area contributed by atoms with Crippen molar-refractivity contribution in [3.8, 4) is 5.88 Å². The Morgan fingerprint density at radius 1 is 1.61 bits per heavy atom. The Hall–Kier alpha value is -2.18. The lowest BCUT2D eigenvalue weighted by Gasteiger charge is -2.06. The molecule has 1 N–H and O–H groups in total. The number of nitro groups is 1. The Balaban J connectivity index is 2.88. The van der Waals surface area contributed by atoms with E-state index in [9.17, 15) is 10.1 Å². The molecular formula is C11H16N4O3. The van der Waals surface area contributed by atoms with E-state index in [4.69, 9.17) is 4.74 Å². The number of aromatic nitrogens is 2. The summed E-state index contributed by atoms with van der Waals surface area (Å²) in [7, 11) is 0. The standard InChI is InChI=1S/C11H16N4O3/c1-3-5-7-18-10-9(15(16)17)8-13-11(14-10)12-6-4-2/h3,5,8H,4,6-7H2,1-2H3,(H,12,13,14)/b5-3+. The highest BCUT2D eigenvalue weighted by atomic mass is 16.6. The van der Waals surface area contributed by atoms with Gasteiger partial charge >= 0.3 is 5.69 Å². The van der Waals surface area contributed by atoms with Crippen LogP contribution in [0.4, 0.5) is 11.6 Å². The zero-order valence-corrected chi connectivity index (χ0v) is 10.4. The quantitative estimate of drug-likeness (QED) is 0.454. The Morgan fingerprint density at radius 2 is 2.39 bits per heavy atom.